The van der Waals surface area contributed by atoms with Crippen LogP contribution in [0.2, 0.25) is 0 Å². The van der Waals surface area contributed by atoms with E-state index in [9.17, 15) is 9.90 Å². The fourth-order valence-electron chi connectivity index (χ4n) is 13.7. The highest BCUT2D eigenvalue weighted by atomic mass is 127. The van der Waals surface area contributed by atoms with E-state index in [4.69, 9.17) is 4.74 Å². The summed E-state index contributed by atoms with van der Waals surface area (Å²) >= 11 is 2.55. The Hall–Kier alpha value is -0.660. The van der Waals surface area contributed by atoms with Gasteiger partial charge in [0.25, 0.3) is 0 Å². The van der Waals surface area contributed by atoms with Crippen molar-refractivity contribution in [3.8, 4) is 0 Å². The number of alkyl halides is 1. The van der Waals surface area contributed by atoms with E-state index in [2.05, 4.69) is 88.2 Å². The first-order chi connectivity index (χ1) is 21.7. The number of fused-ring (bicyclic) bond motifs is 7. The number of esters is 1. The van der Waals surface area contributed by atoms with Gasteiger partial charge in [-0.2, -0.15) is 0 Å². The van der Waals surface area contributed by atoms with Crippen LogP contribution in [0, 0.1) is 56.7 Å². The van der Waals surface area contributed by atoms with Gasteiger partial charge in [-0.3, -0.25) is 4.79 Å². The Labute approximate surface area is 294 Å². The number of hydrogen-bond donors (Lipinski definition) is 2. The summed E-state index contributed by atoms with van der Waals surface area (Å²) in [4.78, 5) is 12.8. The molecule has 0 saturated heterocycles. The molecule has 46 heavy (non-hydrogen) atoms. The van der Waals surface area contributed by atoms with Crippen molar-refractivity contribution in [2.45, 2.75) is 131 Å². The molecule has 6 rings (SSSR count). The van der Waals surface area contributed by atoms with Crippen LogP contribution < -0.4 is 5.32 Å². The fourth-order valence-corrected chi connectivity index (χ4v) is 14.0. The molecule has 4 fully saturated rings. The lowest BCUT2D eigenvalue weighted by Crippen LogP contribution is -2.68. The molecule has 0 aromatic carbocycles. The number of hydrogen-bond acceptors (Lipinski definition) is 4. The largest absolute Gasteiger partial charge is 0.465 e. The van der Waals surface area contributed by atoms with Crippen LogP contribution in [0.3, 0.4) is 0 Å². The maximum absolute atomic E-state index is 12.8. The zero-order chi connectivity index (χ0) is 33.3. The molecule has 5 heteroatoms. The van der Waals surface area contributed by atoms with E-state index < -0.39 is 5.41 Å². The molecule has 0 radical (unpaired) electrons. The van der Waals surface area contributed by atoms with Gasteiger partial charge in [-0.15, -0.1) is 0 Å². The van der Waals surface area contributed by atoms with Crippen molar-refractivity contribution in [1.29, 1.82) is 0 Å². The average molecular weight is 746 g/mol. The van der Waals surface area contributed by atoms with E-state index in [1.54, 1.807) is 0 Å². The Bertz CT molecular complexity index is 1290. The molecule has 0 bridgehead atoms. The summed E-state index contributed by atoms with van der Waals surface area (Å²) in [6, 6.07) is 0. The fraction of sp³-hybridized carbons (Fsp3) is 0.829. The molecule has 6 aliphatic carbocycles. The molecule has 1 unspecified atom stereocenters. The molecule has 0 heterocycles. The van der Waals surface area contributed by atoms with Gasteiger partial charge in [0.05, 0.1) is 18.6 Å². The lowest BCUT2D eigenvalue weighted by molar-refractivity contribution is -0.221. The second-order valence-corrected chi connectivity index (χ2v) is 19.2. The predicted molar refractivity (Wildman–Crippen MR) is 198 cm³/mol. The highest BCUT2D eigenvalue weighted by Crippen LogP contribution is 2.76. The van der Waals surface area contributed by atoms with Crippen LogP contribution in [0.5, 0.6) is 0 Å². The number of carbonyl (C=O) groups excluding carboxylic acids is 1. The van der Waals surface area contributed by atoms with Crippen molar-refractivity contribution in [1.82, 2.24) is 5.32 Å². The molecule has 4 saturated carbocycles. The van der Waals surface area contributed by atoms with E-state index in [1.165, 1.54) is 72.5 Å². The highest BCUT2D eigenvalue weighted by Gasteiger charge is 2.70. The molecule has 2 N–H and O–H groups in total. The number of ether oxygens (including phenoxy) is 1. The summed E-state index contributed by atoms with van der Waals surface area (Å²) in [6.45, 7) is 23.4. The van der Waals surface area contributed by atoms with Crippen LogP contribution in [0.4, 0.5) is 0 Å². The topological polar surface area (TPSA) is 58.6 Å². The molecule has 0 aliphatic heterocycles. The number of carbonyl (C=O) groups is 1. The van der Waals surface area contributed by atoms with E-state index in [-0.39, 0.29) is 18.0 Å². The minimum Gasteiger partial charge on any atom is -0.465 e. The van der Waals surface area contributed by atoms with Gasteiger partial charge < -0.3 is 15.2 Å². The minimum absolute atomic E-state index is 0.0859. The van der Waals surface area contributed by atoms with Gasteiger partial charge in [-0.25, -0.2) is 0 Å². The maximum Gasteiger partial charge on any atom is 0.314 e. The summed E-state index contributed by atoms with van der Waals surface area (Å²) in [5.41, 5.74) is 4.99. The van der Waals surface area contributed by atoms with Gasteiger partial charge >= 0.3 is 5.97 Å². The zero-order valence-electron chi connectivity index (χ0n) is 30.2. The second-order valence-electron chi connectivity index (χ2n) is 18.1. The highest BCUT2D eigenvalue weighted by molar-refractivity contribution is 14.1. The van der Waals surface area contributed by atoms with E-state index in [1.807, 2.05) is 6.92 Å². The van der Waals surface area contributed by atoms with Crippen molar-refractivity contribution >= 4 is 28.6 Å². The predicted octanol–water partition coefficient (Wildman–Crippen LogP) is 9.61. The van der Waals surface area contributed by atoms with Crippen LogP contribution >= 0.6 is 22.6 Å². The summed E-state index contributed by atoms with van der Waals surface area (Å²) in [6.07, 6.45) is 18.9. The number of allylic oxidation sites excluding steroid dienone is 5. The molecule has 0 aromatic heterocycles. The summed E-state index contributed by atoms with van der Waals surface area (Å²) < 4.78 is 6.58. The zero-order valence-corrected chi connectivity index (χ0v) is 32.4. The third kappa shape index (κ3) is 4.95. The second kappa shape index (κ2) is 12.3. The maximum atomic E-state index is 12.8. The van der Waals surface area contributed by atoms with Gasteiger partial charge in [-0.1, -0.05) is 81.5 Å². The Balaban J connectivity index is 1.30. The van der Waals surface area contributed by atoms with Gasteiger partial charge in [0.2, 0.25) is 0 Å². The molecule has 0 amide bonds. The van der Waals surface area contributed by atoms with Crippen molar-refractivity contribution < 1.29 is 14.6 Å². The first-order valence-electron chi connectivity index (χ1n) is 18.8. The third-order valence-corrected chi connectivity index (χ3v) is 16.7. The van der Waals surface area contributed by atoms with Crippen molar-refractivity contribution in [3.63, 3.8) is 0 Å². The van der Waals surface area contributed by atoms with Crippen LogP contribution in [-0.2, 0) is 9.53 Å². The number of aliphatic hydroxyl groups excluding tert-OH is 1. The number of halogens is 1. The van der Waals surface area contributed by atoms with Crippen LogP contribution in [0.15, 0.2) is 35.5 Å². The third-order valence-electron chi connectivity index (χ3n) is 16.2. The summed E-state index contributed by atoms with van der Waals surface area (Å²) in [5.74, 6) is 3.31. The Kier molecular flexibility index (Phi) is 9.39. The molecule has 0 spiro atoms. The van der Waals surface area contributed by atoms with E-state index in [0.717, 1.165) is 37.1 Å². The van der Waals surface area contributed by atoms with Gasteiger partial charge in [0, 0.05) is 16.5 Å². The number of rotatable bonds is 8. The number of nitrogens with one attached hydrogen (secondary N) is 1. The van der Waals surface area contributed by atoms with Gasteiger partial charge in [-0.05, 0) is 153 Å². The van der Waals surface area contributed by atoms with Crippen molar-refractivity contribution in [3.05, 3.63) is 35.5 Å². The molecule has 6 aliphatic rings. The molecular formula is C41H64INO3. The summed E-state index contributed by atoms with van der Waals surface area (Å²) in [7, 11) is 0. The Morgan fingerprint density at radius 1 is 0.978 bits per heavy atom. The lowest BCUT2D eigenvalue weighted by atomic mass is 9.33. The minimum atomic E-state index is -0.778. The summed E-state index contributed by atoms with van der Waals surface area (Å²) in [5, 5.41) is 14.4. The van der Waals surface area contributed by atoms with Crippen molar-refractivity contribution in [2.75, 3.05) is 24.2 Å². The molecular weight excluding hydrogens is 681 g/mol. The smallest absolute Gasteiger partial charge is 0.314 e. The quantitative estimate of drug-likeness (QED) is 0.113. The van der Waals surface area contributed by atoms with Gasteiger partial charge in [0.15, 0.2) is 0 Å². The first-order valence-corrected chi connectivity index (χ1v) is 20.4. The Morgan fingerprint density at radius 3 is 2.37 bits per heavy atom. The molecule has 10 atom stereocenters. The van der Waals surface area contributed by atoms with Gasteiger partial charge in [0.1, 0.15) is 0 Å². The number of aliphatic hydroxyl groups is 1. The average Bonchev–Trinajstić information content (AvgIpc) is 3.41. The Morgan fingerprint density at radius 2 is 1.74 bits per heavy atom. The molecule has 258 valence electrons. The monoisotopic (exact) mass is 745 g/mol. The van der Waals surface area contributed by atoms with Crippen LogP contribution in [0.1, 0.15) is 126 Å². The lowest BCUT2D eigenvalue weighted by Gasteiger charge is -2.72. The standard InChI is InChI=1S/C41H64INO3/c1-9-46-35(45)40(26-44)19-12-28(13-20-40)30-15-17-37(6)32(36(30,4)5)16-18-39(8)33(37)11-10-31-34-29(27(2)3)14-21-41(34,43-25-24-42)23-22-38(31,39)7/h12,15,29,31-34,43-44H,2,9-11,13-14,16-26H2,1,3-8H3/t29-,31+,32-,33+,34+,37-,38+,39+,40?,41-/m0/s1. The first kappa shape index (κ1) is 35.2. The van der Waals surface area contributed by atoms with Crippen molar-refractivity contribution in [2.24, 2.45) is 56.7 Å². The van der Waals surface area contributed by atoms with Crippen LogP contribution in [0.25, 0.3) is 0 Å². The van der Waals surface area contributed by atoms with E-state index >= 15 is 0 Å². The molecule has 4 nitrogen and oxygen atoms in total. The van der Waals surface area contributed by atoms with Crippen LogP contribution in [-0.4, -0.2) is 40.8 Å². The SMILES string of the molecule is C=C(C)[C@@H]1CC[C@]2(NCCI)CC[C@]3(C)[C@H](CC[C@@H]4[C@@]5(C)CC=C(C6=CCC(CO)(C(=O)OCC)CC6)C(C)(C)[C@@H]5CC[C@]43C)[C@@H]12. The normalized spacial score (nSPS) is 46.2. The van der Waals surface area contributed by atoms with E-state index in [0.29, 0.717) is 53.1 Å². The molecule has 0 aromatic rings.